The van der Waals surface area contributed by atoms with E-state index in [0.29, 0.717) is 0 Å². The zero-order valence-electron chi connectivity index (χ0n) is 9.85. The summed E-state index contributed by atoms with van der Waals surface area (Å²) in [5.74, 6) is -1.89. The molecule has 18 heavy (non-hydrogen) atoms. The van der Waals surface area contributed by atoms with Gasteiger partial charge in [-0.05, 0) is 37.8 Å². The van der Waals surface area contributed by atoms with Crippen LogP contribution in [0.4, 0.5) is 8.78 Å². The van der Waals surface area contributed by atoms with Gasteiger partial charge in [0, 0.05) is 16.6 Å². The molecule has 0 fully saturated rings. The van der Waals surface area contributed by atoms with E-state index in [-0.39, 0.29) is 16.3 Å². The monoisotopic (exact) mass is 249 g/mol. The van der Waals surface area contributed by atoms with E-state index < -0.39 is 11.6 Å². The van der Waals surface area contributed by atoms with Gasteiger partial charge in [0.05, 0.1) is 5.52 Å². The van der Waals surface area contributed by atoms with Crippen LogP contribution in [-0.2, 0) is 12.8 Å². The molecule has 2 aromatic rings. The van der Waals surface area contributed by atoms with Gasteiger partial charge in [0.2, 0.25) is 0 Å². The Morgan fingerprint density at radius 2 is 1.83 bits per heavy atom. The Morgan fingerprint density at radius 1 is 1.06 bits per heavy atom. The van der Waals surface area contributed by atoms with Crippen LogP contribution in [-0.4, -0.2) is 4.98 Å². The maximum absolute atomic E-state index is 13.7. The van der Waals surface area contributed by atoms with E-state index in [0.717, 1.165) is 49.4 Å². The molecule has 3 rings (SSSR count). The topological polar surface area (TPSA) is 32.9 Å². The van der Waals surface area contributed by atoms with Crippen molar-refractivity contribution in [1.82, 2.24) is 4.98 Å². The van der Waals surface area contributed by atoms with Gasteiger partial charge in [-0.3, -0.25) is 4.79 Å². The summed E-state index contributed by atoms with van der Waals surface area (Å²) in [7, 11) is 0. The Morgan fingerprint density at radius 3 is 2.67 bits per heavy atom. The molecular weight excluding hydrogens is 236 g/mol. The summed E-state index contributed by atoms with van der Waals surface area (Å²) in [4.78, 5) is 15.2. The van der Waals surface area contributed by atoms with Gasteiger partial charge >= 0.3 is 0 Å². The maximum Gasteiger partial charge on any atom is 0.192 e. The van der Waals surface area contributed by atoms with E-state index in [2.05, 4.69) is 4.98 Å². The van der Waals surface area contributed by atoms with Crippen molar-refractivity contribution in [2.75, 3.05) is 0 Å². The van der Waals surface area contributed by atoms with Gasteiger partial charge in [0.1, 0.15) is 0 Å². The van der Waals surface area contributed by atoms with Crippen LogP contribution in [0.1, 0.15) is 30.5 Å². The molecule has 1 N–H and O–H groups in total. The Kier molecular flexibility index (Phi) is 2.65. The lowest BCUT2D eigenvalue weighted by atomic mass is 10.0. The fourth-order valence-corrected chi connectivity index (χ4v) is 2.65. The molecule has 4 heteroatoms. The van der Waals surface area contributed by atoms with E-state index in [1.807, 2.05) is 0 Å². The van der Waals surface area contributed by atoms with Crippen molar-refractivity contribution < 1.29 is 8.78 Å². The number of rotatable bonds is 0. The second-order valence-corrected chi connectivity index (χ2v) is 4.76. The molecule has 0 spiro atoms. The average molecular weight is 249 g/mol. The molecule has 0 aliphatic heterocycles. The lowest BCUT2D eigenvalue weighted by molar-refractivity contribution is 0.515. The van der Waals surface area contributed by atoms with Crippen LogP contribution in [0.2, 0.25) is 0 Å². The van der Waals surface area contributed by atoms with Crippen molar-refractivity contribution in [3.05, 3.63) is 45.2 Å². The van der Waals surface area contributed by atoms with Crippen molar-refractivity contribution >= 4 is 10.9 Å². The van der Waals surface area contributed by atoms with Gasteiger partial charge in [-0.25, -0.2) is 8.78 Å². The van der Waals surface area contributed by atoms with E-state index >= 15 is 0 Å². The molecule has 94 valence electrons. The molecule has 1 aromatic heterocycles. The van der Waals surface area contributed by atoms with Crippen molar-refractivity contribution in [3.63, 3.8) is 0 Å². The molecular formula is C14H13F2NO. The molecule has 0 radical (unpaired) electrons. The van der Waals surface area contributed by atoms with Crippen LogP contribution in [0.3, 0.4) is 0 Å². The first-order chi connectivity index (χ1) is 8.68. The number of hydrogen-bond acceptors (Lipinski definition) is 1. The fourth-order valence-electron chi connectivity index (χ4n) is 2.65. The molecule has 0 atom stereocenters. The summed E-state index contributed by atoms with van der Waals surface area (Å²) in [6.07, 6.45) is 4.47. The number of benzene rings is 1. The first-order valence-corrected chi connectivity index (χ1v) is 6.20. The third kappa shape index (κ3) is 1.64. The summed E-state index contributed by atoms with van der Waals surface area (Å²) < 4.78 is 26.9. The van der Waals surface area contributed by atoms with E-state index in [4.69, 9.17) is 0 Å². The number of pyridine rings is 1. The number of nitrogens with one attached hydrogen (secondary N) is 1. The lowest BCUT2D eigenvalue weighted by Gasteiger charge is -2.08. The summed E-state index contributed by atoms with van der Waals surface area (Å²) in [5, 5.41) is 0.245. The van der Waals surface area contributed by atoms with E-state index in [1.165, 1.54) is 6.07 Å². The number of aryl methyl sites for hydroxylation is 1. The third-order valence-electron chi connectivity index (χ3n) is 3.61. The summed E-state index contributed by atoms with van der Waals surface area (Å²) in [5.41, 5.74) is 1.36. The third-order valence-corrected chi connectivity index (χ3v) is 3.61. The standard InChI is InChI=1S/C14H13F2NO/c15-10-7-6-9-13(12(10)16)17-11-5-3-1-2-4-8(11)14(9)18/h6-7H,1-5H2,(H,17,18). The predicted octanol–water partition coefficient (Wildman–Crippen LogP) is 3.08. The molecule has 0 bridgehead atoms. The Hall–Kier alpha value is -1.71. The zero-order valence-corrected chi connectivity index (χ0v) is 9.85. The summed E-state index contributed by atoms with van der Waals surface area (Å²) in [6.45, 7) is 0. The van der Waals surface area contributed by atoms with E-state index in [9.17, 15) is 13.6 Å². The van der Waals surface area contributed by atoms with Crippen LogP contribution < -0.4 is 5.43 Å². The van der Waals surface area contributed by atoms with Gasteiger partial charge in [-0.2, -0.15) is 0 Å². The number of hydrogen-bond donors (Lipinski definition) is 1. The van der Waals surface area contributed by atoms with Gasteiger partial charge in [0.25, 0.3) is 0 Å². The van der Waals surface area contributed by atoms with Crippen LogP contribution >= 0.6 is 0 Å². The quantitative estimate of drug-likeness (QED) is 0.715. The molecule has 1 heterocycles. The van der Waals surface area contributed by atoms with E-state index in [1.54, 1.807) is 0 Å². The average Bonchev–Trinajstić information content (AvgIpc) is 2.60. The molecule has 1 aliphatic carbocycles. The lowest BCUT2D eigenvalue weighted by Crippen LogP contribution is -2.15. The van der Waals surface area contributed by atoms with Gasteiger partial charge < -0.3 is 4.98 Å². The normalized spacial score (nSPS) is 15.4. The maximum atomic E-state index is 13.7. The van der Waals surface area contributed by atoms with Crippen LogP contribution in [0.5, 0.6) is 0 Å². The largest absolute Gasteiger partial charge is 0.355 e. The van der Waals surface area contributed by atoms with Crippen molar-refractivity contribution in [3.8, 4) is 0 Å². The molecule has 0 saturated carbocycles. The number of fused-ring (bicyclic) bond motifs is 2. The van der Waals surface area contributed by atoms with Gasteiger partial charge in [-0.15, -0.1) is 0 Å². The second-order valence-electron chi connectivity index (χ2n) is 4.76. The van der Waals surface area contributed by atoms with Crippen LogP contribution in [0.25, 0.3) is 10.9 Å². The molecule has 0 amide bonds. The SMILES string of the molecule is O=c1c2c([nH]c3c(F)c(F)ccc13)CCCCC2. The highest BCUT2D eigenvalue weighted by molar-refractivity contribution is 5.80. The molecule has 2 nitrogen and oxygen atoms in total. The minimum Gasteiger partial charge on any atom is -0.355 e. The highest BCUT2D eigenvalue weighted by atomic mass is 19.2. The minimum atomic E-state index is -0.961. The molecule has 0 saturated heterocycles. The zero-order chi connectivity index (χ0) is 12.7. The van der Waals surface area contributed by atoms with Crippen molar-refractivity contribution in [1.29, 1.82) is 0 Å². The van der Waals surface area contributed by atoms with Gasteiger partial charge in [0.15, 0.2) is 17.1 Å². The Labute approximate surface area is 103 Å². The number of aromatic amines is 1. The summed E-state index contributed by atoms with van der Waals surface area (Å²) in [6, 6.07) is 2.37. The molecule has 1 aromatic carbocycles. The van der Waals surface area contributed by atoms with Crippen LogP contribution in [0, 0.1) is 11.6 Å². The smallest absolute Gasteiger partial charge is 0.192 e. The molecule has 1 aliphatic rings. The minimum absolute atomic E-state index is 0.000602. The molecule has 0 unspecified atom stereocenters. The summed E-state index contributed by atoms with van der Waals surface area (Å²) >= 11 is 0. The number of aromatic nitrogens is 1. The highest BCUT2D eigenvalue weighted by Gasteiger charge is 2.17. The number of halogens is 2. The Balaban J connectivity index is 2.38. The number of H-pyrrole nitrogens is 1. The highest BCUT2D eigenvalue weighted by Crippen LogP contribution is 2.22. The Bertz CT molecular complexity index is 676. The first kappa shape index (κ1) is 11.4. The van der Waals surface area contributed by atoms with Crippen molar-refractivity contribution in [2.45, 2.75) is 32.1 Å². The first-order valence-electron chi connectivity index (χ1n) is 6.20. The van der Waals surface area contributed by atoms with Crippen molar-refractivity contribution in [2.24, 2.45) is 0 Å². The second kappa shape index (κ2) is 4.19. The van der Waals surface area contributed by atoms with Crippen LogP contribution in [0.15, 0.2) is 16.9 Å². The van der Waals surface area contributed by atoms with Gasteiger partial charge in [-0.1, -0.05) is 6.42 Å². The predicted molar refractivity (Wildman–Crippen MR) is 65.7 cm³/mol. The fraction of sp³-hybridized carbons (Fsp3) is 0.357.